The lowest BCUT2D eigenvalue weighted by atomic mass is 9.86. The Hall–Kier alpha value is -1.48. The lowest BCUT2D eigenvalue weighted by molar-refractivity contribution is 0.297. The molecule has 0 heterocycles. The molecule has 0 fully saturated rings. The molecule has 0 saturated heterocycles. The van der Waals surface area contributed by atoms with Crippen LogP contribution < -0.4 is 10.5 Å². The third kappa shape index (κ3) is 4.01. The predicted octanol–water partition coefficient (Wildman–Crippen LogP) is 5.22. The minimum atomic E-state index is 0.0344. The van der Waals surface area contributed by atoms with Gasteiger partial charge in [-0.25, -0.2) is 0 Å². The van der Waals surface area contributed by atoms with Crippen LogP contribution in [0.5, 0.6) is 5.75 Å². The van der Waals surface area contributed by atoms with Gasteiger partial charge in [-0.15, -0.1) is 0 Å². The first-order valence-electron chi connectivity index (χ1n) is 7.05. The van der Waals surface area contributed by atoms with Crippen LogP contribution in [-0.2, 0) is 12.0 Å². The topological polar surface area (TPSA) is 35.2 Å². The lowest BCUT2D eigenvalue weighted by Gasteiger charge is -2.24. The van der Waals surface area contributed by atoms with Crippen molar-refractivity contribution in [2.45, 2.75) is 39.7 Å². The van der Waals surface area contributed by atoms with E-state index in [9.17, 15) is 0 Å². The standard InChI is InChI=1S/C18H22BrNO/c1-12-9-17(15(10-16(12)19)18(2,3)4)21-11-13-5-7-14(20)8-6-13/h5-10H,11,20H2,1-4H3. The van der Waals surface area contributed by atoms with E-state index in [2.05, 4.69) is 55.8 Å². The normalized spacial score (nSPS) is 11.5. The summed E-state index contributed by atoms with van der Waals surface area (Å²) in [6, 6.07) is 12.1. The third-order valence-corrected chi connectivity index (χ3v) is 4.30. The largest absolute Gasteiger partial charge is 0.489 e. The fourth-order valence-electron chi connectivity index (χ4n) is 2.14. The average Bonchev–Trinajstić information content (AvgIpc) is 2.40. The van der Waals surface area contributed by atoms with Crippen LogP contribution in [0.2, 0.25) is 0 Å². The first-order valence-corrected chi connectivity index (χ1v) is 7.84. The Morgan fingerprint density at radius 2 is 1.71 bits per heavy atom. The van der Waals surface area contributed by atoms with Crippen LogP contribution in [0.15, 0.2) is 40.9 Å². The van der Waals surface area contributed by atoms with Gasteiger partial charge >= 0.3 is 0 Å². The number of halogens is 1. The number of rotatable bonds is 3. The summed E-state index contributed by atoms with van der Waals surface area (Å²) in [5, 5.41) is 0. The molecule has 0 saturated carbocycles. The number of nitrogens with two attached hydrogens (primary N) is 1. The minimum Gasteiger partial charge on any atom is -0.489 e. The van der Waals surface area contributed by atoms with Gasteiger partial charge in [0.15, 0.2) is 0 Å². The van der Waals surface area contributed by atoms with Crippen molar-refractivity contribution >= 4 is 21.6 Å². The average molecular weight is 348 g/mol. The summed E-state index contributed by atoms with van der Waals surface area (Å²) in [5.41, 5.74) is 10.0. The van der Waals surface area contributed by atoms with Crippen molar-refractivity contribution in [2.24, 2.45) is 0 Å². The van der Waals surface area contributed by atoms with Crippen molar-refractivity contribution in [1.82, 2.24) is 0 Å². The second-order valence-electron chi connectivity index (χ2n) is 6.38. The molecule has 0 spiro atoms. The zero-order valence-corrected chi connectivity index (χ0v) is 14.6. The van der Waals surface area contributed by atoms with Gasteiger partial charge in [0.05, 0.1) is 0 Å². The second-order valence-corrected chi connectivity index (χ2v) is 7.23. The van der Waals surface area contributed by atoms with E-state index in [1.165, 1.54) is 11.1 Å². The van der Waals surface area contributed by atoms with Gasteiger partial charge < -0.3 is 10.5 Å². The quantitative estimate of drug-likeness (QED) is 0.772. The van der Waals surface area contributed by atoms with Crippen molar-refractivity contribution in [2.75, 3.05) is 5.73 Å². The number of aryl methyl sites for hydroxylation is 1. The molecule has 0 amide bonds. The van der Waals surface area contributed by atoms with E-state index in [0.717, 1.165) is 21.5 Å². The van der Waals surface area contributed by atoms with Gasteiger partial charge in [-0.3, -0.25) is 0 Å². The maximum atomic E-state index is 6.06. The third-order valence-electron chi connectivity index (χ3n) is 3.44. The number of nitrogen functional groups attached to an aromatic ring is 1. The Morgan fingerprint density at radius 1 is 1.10 bits per heavy atom. The minimum absolute atomic E-state index is 0.0344. The van der Waals surface area contributed by atoms with Crippen LogP contribution in [0.3, 0.4) is 0 Å². The Morgan fingerprint density at radius 3 is 2.29 bits per heavy atom. The van der Waals surface area contributed by atoms with Crippen LogP contribution in [0.4, 0.5) is 5.69 Å². The molecule has 2 aromatic carbocycles. The first kappa shape index (κ1) is 15.9. The molecule has 0 aromatic heterocycles. The highest BCUT2D eigenvalue weighted by Gasteiger charge is 2.20. The van der Waals surface area contributed by atoms with Crippen molar-refractivity contribution in [3.63, 3.8) is 0 Å². The van der Waals surface area contributed by atoms with Crippen LogP contribution in [-0.4, -0.2) is 0 Å². The summed E-state index contributed by atoms with van der Waals surface area (Å²) < 4.78 is 7.18. The lowest BCUT2D eigenvalue weighted by Crippen LogP contribution is -2.14. The zero-order valence-electron chi connectivity index (χ0n) is 13.0. The molecule has 2 N–H and O–H groups in total. The van der Waals surface area contributed by atoms with E-state index in [1.54, 1.807) is 0 Å². The van der Waals surface area contributed by atoms with Crippen LogP contribution in [0, 0.1) is 6.92 Å². The molecular formula is C18H22BrNO. The number of benzene rings is 2. The molecule has 3 heteroatoms. The van der Waals surface area contributed by atoms with Crippen LogP contribution in [0.1, 0.15) is 37.5 Å². The first-order chi connectivity index (χ1) is 9.77. The maximum Gasteiger partial charge on any atom is 0.123 e. The van der Waals surface area contributed by atoms with E-state index in [1.807, 2.05) is 24.3 Å². The van der Waals surface area contributed by atoms with E-state index >= 15 is 0 Å². The van der Waals surface area contributed by atoms with E-state index < -0.39 is 0 Å². The molecule has 0 radical (unpaired) electrons. The molecule has 0 atom stereocenters. The Balaban J connectivity index is 2.26. The summed E-state index contributed by atoms with van der Waals surface area (Å²) in [6.45, 7) is 9.21. The number of ether oxygens (including phenoxy) is 1. The van der Waals surface area contributed by atoms with Crippen molar-refractivity contribution in [3.8, 4) is 5.75 Å². The van der Waals surface area contributed by atoms with Crippen molar-refractivity contribution in [3.05, 3.63) is 57.6 Å². The highest BCUT2D eigenvalue weighted by molar-refractivity contribution is 9.10. The summed E-state index contributed by atoms with van der Waals surface area (Å²) in [6.07, 6.45) is 0. The van der Waals surface area contributed by atoms with E-state index in [4.69, 9.17) is 10.5 Å². The highest BCUT2D eigenvalue weighted by Crippen LogP contribution is 2.36. The molecular weight excluding hydrogens is 326 g/mol. The zero-order chi connectivity index (χ0) is 15.6. The van der Waals surface area contributed by atoms with Crippen LogP contribution >= 0.6 is 15.9 Å². The molecule has 2 rings (SSSR count). The second kappa shape index (κ2) is 6.10. The number of hydrogen-bond donors (Lipinski definition) is 1. The summed E-state index contributed by atoms with van der Waals surface area (Å²) in [4.78, 5) is 0. The molecule has 2 nitrogen and oxygen atoms in total. The van der Waals surface area contributed by atoms with Gasteiger partial charge in [0.1, 0.15) is 12.4 Å². The van der Waals surface area contributed by atoms with E-state index in [0.29, 0.717) is 6.61 Å². The molecule has 0 aliphatic carbocycles. The number of anilines is 1. The smallest absolute Gasteiger partial charge is 0.123 e. The molecule has 112 valence electrons. The van der Waals surface area contributed by atoms with Gasteiger partial charge in [-0.2, -0.15) is 0 Å². The van der Waals surface area contributed by atoms with Gasteiger partial charge in [0, 0.05) is 15.7 Å². The Labute approximate surface area is 135 Å². The van der Waals surface area contributed by atoms with Gasteiger partial charge in [-0.05, 0) is 47.7 Å². The monoisotopic (exact) mass is 347 g/mol. The van der Waals surface area contributed by atoms with Crippen molar-refractivity contribution in [1.29, 1.82) is 0 Å². The Kier molecular flexibility index (Phi) is 4.62. The SMILES string of the molecule is Cc1cc(OCc2ccc(N)cc2)c(C(C)(C)C)cc1Br. The van der Waals surface area contributed by atoms with Gasteiger partial charge in [0.25, 0.3) is 0 Å². The molecule has 2 aromatic rings. The fourth-order valence-corrected chi connectivity index (χ4v) is 2.48. The molecule has 0 bridgehead atoms. The number of hydrogen-bond acceptors (Lipinski definition) is 2. The van der Waals surface area contributed by atoms with Gasteiger partial charge in [0.2, 0.25) is 0 Å². The maximum absolute atomic E-state index is 6.06. The predicted molar refractivity (Wildman–Crippen MR) is 92.8 cm³/mol. The van der Waals surface area contributed by atoms with E-state index in [-0.39, 0.29) is 5.41 Å². The summed E-state index contributed by atoms with van der Waals surface area (Å²) in [5.74, 6) is 0.944. The molecule has 0 aliphatic rings. The van der Waals surface area contributed by atoms with Gasteiger partial charge in [-0.1, -0.05) is 48.8 Å². The summed E-state index contributed by atoms with van der Waals surface area (Å²) >= 11 is 3.61. The Bertz CT molecular complexity index is 627. The summed E-state index contributed by atoms with van der Waals surface area (Å²) in [7, 11) is 0. The van der Waals surface area contributed by atoms with Crippen LogP contribution in [0.25, 0.3) is 0 Å². The molecule has 0 unspecified atom stereocenters. The molecule has 21 heavy (non-hydrogen) atoms. The molecule has 0 aliphatic heterocycles. The fraction of sp³-hybridized carbons (Fsp3) is 0.333. The van der Waals surface area contributed by atoms with Crippen molar-refractivity contribution < 1.29 is 4.74 Å². The highest BCUT2D eigenvalue weighted by atomic mass is 79.9.